The van der Waals surface area contributed by atoms with Gasteiger partial charge in [0.15, 0.2) is 0 Å². The van der Waals surface area contributed by atoms with Gasteiger partial charge in [0.2, 0.25) is 0 Å². The van der Waals surface area contributed by atoms with Crippen molar-refractivity contribution in [3.05, 3.63) is 58.4 Å². The van der Waals surface area contributed by atoms with Crippen LogP contribution in [-0.2, 0) is 6.42 Å². The second-order valence-corrected chi connectivity index (χ2v) is 6.08. The van der Waals surface area contributed by atoms with Crippen molar-refractivity contribution in [2.75, 3.05) is 7.05 Å². The predicted molar refractivity (Wildman–Crippen MR) is 85.5 cm³/mol. The van der Waals surface area contributed by atoms with Gasteiger partial charge in [0.1, 0.15) is 11.5 Å². The Morgan fingerprint density at radius 3 is 2.75 bits per heavy atom. The summed E-state index contributed by atoms with van der Waals surface area (Å²) in [7, 11) is 2.01. The molecule has 2 aromatic heterocycles. The number of furan rings is 1. The molecular weight excluding hydrogens is 266 g/mol. The van der Waals surface area contributed by atoms with Crippen molar-refractivity contribution in [3.8, 4) is 0 Å². The van der Waals surface area contributed by atoms with Crippen molar-refractivity contribution in [3.63, 3.8) is 0 Å². The molecule has 0 saturated heterocycles. The topological polar surface area (TPSA) is 25.2 Å². The molecular formula is C17H19NOS. The van der Waals surface area contributed by atoms with E-state index in [1.807, 2.05) is 32.2 Å². The average Bonchev–Trinajstić information content (AvgIpc) is 3.00. The molecule has 2 nitrogen and oxygen atoms in total. The molecule has 1 atom stereocenters. The minimum Gasteiger partial charge on any atom is -0.466 e. The summed E-state index contributed by atoms with van der Waals surface area (Å²) in [5.41, 5.74) is 2.67. The fourth-order valence-electron chi connectivity index (χ4n) is 2.77. The van der Waals surface area contributed by atoms with Crippen molar-refractivity contribution >= 4 is 21.4 Å². The van der Waals surface area contributed by atoms with Crippen LogP contribution in [0.5, 0.6) is 0 Å². The van der Waals surface area contributed by atoms with E-state index in [4.69, 9.17) is 4.42 Å². The number of fused-ring (bicyclic) bond motifs is 1. The first-order valence-electron chi connectivity index (χ1n) is 6.88. The van der Waals surface area contributed by atoms with Gasteiger partial charge in [-0.25, -0.2) is 0 Å². The molecule has 20 heavy (non-hydrogen) atoms. The van der Waals surface area contributed by atoms with E-state index in [-0.39, 0.29) is 0 Å². The summed E-state index contributed by atoms with van der Waals surface area (Å²) < 4.78 is 7.03. The molecule has 0 fully saturated rings. The van der Waals surface area contributed by atoms with Gasteiger partial charge in [0.25, 0.3) is 0 Å². The first kappa shape index (κ1) is 13.4. The quantitative estimate of drug-likeness (QED) is 0.757. The predicted octanol–water partition coefficient (Wildman–Crippen LogP) is 4.61. The zero-order chi connectivity index (χ0) is 14.1. The van der Waals surface area contributed by atoms with Gasteiger partial charge in [-0.15, -0.1) is 11.3 Å². The Morgan fingerprint density at radius 2 is 2.05 bits per heavy atom. The van der Waals surface area contributed by atoms with Gasteiger partial charge < -0.3 is 9.73 Å². The van der Waals surface area contributed by atoms with E-state index < -0.39 is 0 Å². The normalized spacial score (nSPS) is 12.9. The van der Waals surface area contributed by atoms with Gasteiger partial charge in [-0.1, -0.05) is 18.2 Å². The Labute approximate surface area is 123 Å². The van der Waals surface area contributed by atoms with Crippen LogP contribution in [0.2, 0.25) is 0 Å². The SMILES string of the molecule is CNC(Cc1csc2ccccc12)c1cc(C)oc1C. The third kappa shape index (κ3) is 2.39. The summed E-state index contributed by atoms with van der Waals surface area (Å²) in [6.45, 7) is 4.04. The lowest BCUT2D eigenvalue weighted by Gasteiger charge is -2.15. The maximum Gasteiger partial charge on any atom is 0.105 e. The number of likely N-dealkylation sites (N-methyl/N-ethyl adjacent to an activating group) is 1. The zero-order valence-electron chi connectivity index (χ0n) is 12.1. The molecule has 1 N–H and O–H groups in total. The molecule has 0 radical (unpaired) electrons. The highest BCUT2D eigenvalue weighted by Gasteiger charge is 2.17. The number of benzene rings is 1. The lowest BCUT2D eigenvalue weighted by molar-refractivity contribution is 0.490. The van der Waals surface area contributed by atoms with Gasteiger partial charge in [0.05, 0.1) is 0 Å². The van der Waals surface area contributed by atoms with Crippen molar-refractivity contribution in [1.82, 2.24) is 5.32 Å². The molecule has 0 spiro atoms. The van der Waals surface area contributed by atoms with Crippen LogP contribution in [0.15, 0.2) is 40.1 Å². The third-order valence-corrected chi connectivity index (χ3v) is 4.80. The molecule has 0 aliphatic rings. The van der Waals surface area contributed by atoms with Crippen LogP contribution >= 0.6 is 11.3 Å². The number of thiophene rings is 1. The Hall–Kier alpha value is -1.58. The van der Waals surface area contributed by atoms with Gasteiger partial charge in [0, 0.05) is 16.3 Å². The monoisotopic (exact) mass is 285 g/mol. The largest absolute Gasteiger partial charge is 0.466 e. The van der Waals surface area contributed by atoms with E-state index in [2.05, 4.69) is 41.0 Å². The van der Waals surface area contributed by atoms with E-state index >= 15 is 0 Å². The minimum atomic E-state index is 0.297. The molecule has 0 saturated carbocycles. The van der Waals surface area contributed by atoms with Gasteiger partial charge >= 0.3 is 0 Å². The second kappa shape index (κ2) is 5.43. The maximum atomic E-state index is 5.67. The van der Waals surface area contributed by atoms with Gasteiger partial charge in [-0.3, -0.25) is 0 Å². The first-order valence-corrected chi connectivity index (χ1v) is 7.76. The van der Waals surface area contributed by atoms with Gasteiger partial charge in [-0.05, 0) is 55.8 Å². The van der Waals surface area contributed by atoms with Crippen LogP contribution in [0, 0.1) is 13.8 Å². The lowest BCUT2D eigenvalue weighted by atomic mass is 9.99. The summed E-state index contributed by atoms with van der Waals surface area (Å²) in [5.74, 6) is 1.99. The van der Waals surface area contributed by atoms with Crippen LogP contribution < -0.4 is 5.32 Å². The maximum absolute atomic E-state index is 5.67. The summed E-state index contributed by atoms with van der Waals surface area (Å²) in [5, 5.41) is 7.07. The summed E-state index contributed by atoms with van der Waals surface area (Å²) in [6, 6.07) is 11.0. The molecule has 0 bridgehead atoms. The molecule has 3 heteroatoms. The van der Waals surface area contributed by atoms with E-state index in [1.165, 1.54) is 21.2 Å². The van der Waals surface area contributed by atoms with Gasteiger partial charge in [-0.2, -0.15) is 0 Å². The molecule has 0 aliphatic heterocycles. The Morgan fingerprint density at radius 1 is 1.25 bits per heavy atom. The third-order valence-electron chi connectivity index (χ3n) is 3.79. The van der Waals surface area contributed by atoms with E-state index in [9.17, 15) is 0 Å². The number of nitrogens with one attached hydrogen (secondary N) is 1. The molecule has 0 aliphatic carbocycles. The van der Waals surface area contributed by atoms with Crippen molar-refractivity contribution in [2.24, 2.45) is 0 Å². The van der Waals surface area contributed by atoms with Crippen molar-refractivity contribution in [1.29, 1.82) is 0 Å². The standard InChI is InChI=1S/C17H19NOS/c1-11-8-15(12(2)19-11)16(18-3)9-13-10-20-17-7-5-4-6-14(13)17/h4-8,10,16,18H,9H2,1-3H3. The van der Waals surface area contributed by atoms with Crippen molar-refractivity contribution in [2.45, 2.75) is 26.3 Å². The highest BCUT2D eigenvalue weighted by molar-refractivity contribution is 7.17. The first-order chi connectivity index (χ1) is 9.69. The highest BCUT2D eigenvalue weighted by Crippen LogP contribution is 2.31. The second-order valence-electron chi connectivity index (χ2n) is 5.17. The Balaban J connectivity index is 1.94. The summed E-state index contributed by atoms with van der Waals surface area (Å²) in [6.07, 6.45) is 0.986. The van der Waals surface area contributed by atoms with E-state index in [0.29, 0.717) is 6.04 Å². The lowest BCUT2D eigenvalue weighted by Crippen LogP contribution is -2.18. The van der Waals surface area contributed by atoms with Crippen molar-refractivity contribution < 1.29 is 4.42 Å². The number of rotatable bonds is 4. The number of hydrogen-bond donors (Lipinski definition) is 1. The molecule has 1 unspecified atom stereocenters. The van der Waals surface area contributed by atoms with E-state index in [1.54, 1.807) is 0 Å². The molecule has 1 aromatic carbocycles. The van der Waals surface area contributed by atoms with E-state index in [0.717, 1.165) is 17.9 Å². The minimum absolute atomic E-state index is 0.297. The molecule has 104 valence electrons. The molecule has 3 rings (SSSR count). The number of hydrogen-bond acceptors (Lipinski definition) is 3. The molecule has 2 heterocycles. The summed E-state index contributed by atoms with van der Waals surface area (Å²) >= 11 is 1.82. The zero-order valence-corrected chi connectivity index (χ0v) is 12.9. The number of aryl methyl sites for hydroxylation is 2. The van der Waals surface area contributed by atoms with Crippen LogP contribution in [0.25, 0.3) is 10.1 Å². The average molecular weight is 285 g/mol. The Bertz CT molecular complexity index is 726. The fourth-order valence-corrected chi connectivity index (χ4v) is 3.75. The molecule has 0 amide bonds. The van der Waals surface area contributed by atoms with Crippen LogP contribution in [0.3, 0.4) is 0 Å². The van der Waals surface area contributed by atoms with Crippen LogP contribution in [-0.4, -0.2) is 7.05 Å². The summed E-state index contributed by atoms with van der Waals surface area (Å²) in [4.78, 5) is 0. The smallest absolute Gasteiger partial charge is 0.105 e. The highest BCUT2D eigenvalue weighted by atomic mass is 32.1. The Kier molecular flexibility index (Phi) is 3.64. The fraction of sp³-hybridized carbons (Fsp3) is 0.294. The molecule has 3 aromatic rings. The van der Waals surface area contributed by atoms with Crippen LogP contribution in [0.1, 0.15) is 28.7 Å². The van der Waals surface area contributed by atoms with Crippen LogP contribution in [0.4, 0.5) is 0 Å².